The van der Waals surface area contributed by atoms with E-state index < -0.39 is 0 Å². The van der Waals surface area contributed by atoms with Crippen LogP contribution in [0.15, 0.2) is 37.2 Å². The van der Waals surface area contributed by atoms with E-state index in [2.05, 4.69) is 29.9 Å². The predicted octanol–water partition coefficient (Wildman–Crippen LogP) is 1.71. The summed E-state index contributed by atoms with van der Waals surface area (Å²) in [6.07, 6.45) is 13.6. The molecule has 1 aliphatic rings. The summed E-state index contributed by atoms with van der Waals surface area (Å²) in [6, 6.07) is 0. The summed E-state index contributed by atoms with van der Waals surface area (Å²) in [6.45, 7) is 2.51. The average Bonchev–Trinajstić information content (AvgIpc) is 3.26. The van der Waals surface area contributed by atoms with Gasteiger partial charge in [0.15, 0.2) is 5.65 Å². The van der Waals surface area contributed by atoms with Gasteiger partial charge < -0.3 is 10.1 Å². The molecule has 120 valence electrons. The van der Waals surface area contributed by atoms with Crippen molar-refractivity contribution in [3.05, 3.63) is 48.4 Å². The molecule has 0 amide bonds. The van der Waals surface area contributed by atoms with Crippen LogP contribution in [-0.4, -0.2) is 37.7 Å². The van der Waals surface area contributed by atoms with Crippen molar-refractivity contribution in [1.82, 2.24) is 29.9 Å². The van der Waals surface area contributed by atoms with Gasteiger partial charge in [-0.2, -0.15) is 5.10 Å². The number of imidazole rings is 1. The minimum absolute atomic E-state index is 0.126. The van der Waals surface area contributed by atoms with Crippen molar-refractivity contribution in [2.24, 2.45) is 5.92 Å². The van der Waals surface area contributed by atoms with Crippen LogP contribution in [0.1, 0.15) is 30.2 Å². The molecule has 7 nitrogen and oxygen atoms in total. The fraction of sp³-hybridized carbons (Fsp3) is 0.438. The van der Waals surface area contributed by atoms with Gasteiger partial charge in [0.2, 0.25) is 0 Å². The molecule has 2 atom stereocenters. The zero-order valence-corrected chi connectivity index (χ0v) is 12.9. The third kappa shape index (κ3) is 2.97. The molecule has 0 spiro atoms. The van der Waals surface area contributed by atoms with Crippen molar-refractivity contribution < 1.29 is 4.74 Å². The maximum Gasteiger partial charge on any atom is 0.155 e. The van der Waals surface area contributed by atoms with E-state index in [0.717, 1.165) is 43.0 Å². The Morgan fingerprint density at radius 2 is 2.35 bits per heavy atom. The minimum Gasteiger partial charge on any atom is -0.373 e. The monoisotopic (exact) mass is 312 g/mol. The third-order valence-electron chi connectivity index (χ3n) is 4.40. The maximum absolute atomic E-state index is 5.97. The molecule has 4 rings (SSSR count). The molecule has 23 heavy (non-hydrogen) atoms. The van der Waals surface area contributed by atoms with E-state index in [-0.39, 0.29) is 6.10 Å². The number of nitrogens with zero attached hydrogens (tertiary/aromatic N) is 4. The first-order valence-corrected chi connectivity index (χ1v) is 7.99. The van der Waals surface area contributed by atoms with Gasteiger partial charge in [-0.1, -0.05) is 0 Å². The van der Waals surface area contributed by atoms with Crippen LogP contribution < -0.4 is 5.32 Å². The Morgan fingerprint density at radius 1 is 1.35 bits per heavy atom. The van der Waals surface area contributed by atoms with E-state index in [9.17, 15) is 0 Å². The molecule has 2 N–H and O–H groups in total. The average molecular weight is 312 g/mol. The number of nitrogens with one attached hydrogen (secondary N) is 2. The molecule has 1 fully saturated rings. The Balaban J connectivity index is 1.40. The van der Waals surface area contributed by atoms with Crippen LogP contribution in [0.25, 0.3) is 5.65 Å². The van der Waals surface area contributed by atoms with Crippen LogP contribution in [-0.2, 0) is 11.3 Å². The smallest absolute Gasteiger partial charge is 0.155 e. The summed E-state index contributed by atoms with van der Waals surface area (Å²) in [4.78, 5) is 8.45. The van der Waals surface area contributed by atoms with E-state index in [4.69, 9.17) is 4.74 Å². The van der Waals surface area contributed by atoms with Gasteiger partial charge in [-0.3, -0.25) is 14.5 Å². The van der Waals surface area contributed by atoms with Crippen molar-refractivity contribution in [2.75, 3.05) is 13.2 Å². The number of hydrogen-bond donors (Lipinski definition) is 2. The first kappa shape index (κ1) is 14.3. The summed E-state index contributed by atoms with van der Waals surface area (Å²) in [5.74, 6) is 0.460. The second kappa shape index (κ2) is 6.47. The summed E-state index contributed by atoms with van der Waals surface area (Å²) in [5.41, 5.74) is 3.15. The molecule has 0 aliphatic carbocycles. The first-order chi connectivity index (χ1) is 11.4. The Kier molecular flexibility index (Phi) is 4.04. The number of hydrogen-bond acceptors (Lipinski definition) is 5. The highest BCUT2D eigenvalue weighted by atomic mass is 16.5. The van der Waals surface area contributed by atoms with Gasteiger partial charge in [-0.25, -0.2) is 4.98 Å². The summed E-state index contributed by atoms with van der Waals surface area (Å²) < 4.78 is 8.03. The highest BCUT2D eigenvalue weighted by Gasteiger charge is 2.27. The van der Waals surface area contributed by atoms with Crippen molar-refractivity contribution in [3.8, 4) is 0 Å². The van der Waals surface area contributed by atoms with Crippen molar-refractivity contribution in [2.45, 2.75) is 25.5 Å². The molecule has 3 aromatic heterocycles. The van der Waals surface area contributed by atoms with Crippen molar-refractivity contribution >= 4 is 5.65 Å². The van der Waals surface area contributed by atoms with Gasteiger partial charge in [-0.05, 0) is 12.8 Å². The lowest BCUT2D eigenvalue weighted by atomic mass is 9.91. The molecule has 1 saturated heterocycles. The van der Waals surface area contributed by atoms with Crippen LogP contribution in [0.3, 0.4) is 0 Å². The highest BCUT2D eigenvalue weighted by Crippen LogP contribution is 2.32. The Labute approximate surface area is 134 Å². The molecule has 0 saturated carbocycles. The number of fused-ring (bicyclic) bond motifs is 1. The summed E-state index contributed by atoms with van der Waals surface area (Å²) in [7, 11) is 0. The number of aromatic nitrogens is 5. The van der Waals surface area contributed by atoms with E-state index in [1.165, 1.54) is 6.42 Å². The van der Waals surface area contributed by atoms with Crippen LogP contribution in [0.5, 0.6) is 0 Å². The topological polar surface area (TPSA) is 80.1 Å². The molecule has 7 heteroatoms. The molecular formula is C16H20N6O. The van der Waals surface area contributed by atoms with Crippen LogP contribution in [0.2, 0.25) is 0 Å². The summed E-state index contributed by atoms with van der Waals surface area (Å²) in [5, 5.41) is 10.5. The molecule has 1 aliphatic heterocycles. The lowest BCUT2D eigenvalue weighted by molar-refractivity contribution is -0.0278. The summed E-state index contributed by atoms with van der Waals surface area (Å²) >= 11 is 0. The molecule has 0 radical (unpaired) electrons. The Bertz CT molecular complexity index is 753. The van der Waals surface area contributed by atoms with Crippen molar-refractivity contribution in [3.63, 3.8) is 0 Å². The largest absolute Gasteiger partial charge is 0.373 e. The second-order valence-electron chi connectivity index (χ2n) is 5.91. The molecule has 0 unspecified atom stereocenters. The quantitative estimate of drug-likeness (QED) is 0.750. The van der Waals surface area contributed by atoms with E-state index in [1.807, 2.05) is 24.8 Å². The first-order valence-electron chi connectivity index (χ1n) is 7.99. The minimum atomic E-state index is 0.126. The molecule has 4 heterocycles. The standard InChI is InChI=1S/C16H20N6O/c1-2-12(16(23-5-1)13-7-20-21-8-13)6-18-9-14-10-19-15-11-17-3-4-22(14)15/h3-4,7-8,10-12,16,18H,1-2,5-6,9H2,(H,20,21)/t12-,16+/m0/s1. The second-order valence-corrected chi connectivity index (χ2v) is 5.91. The van der Waals surface area contributed by atoms with Gasteiger partial charge in [-0.15, -0.1) is 0 Å². The van der Waals surface area contributed by atoms with Gasteiger partial charge in [0.05, 0.1) is 30.4 Å². The number of ether oxygens (including phenoxy) is 1. The Hall–Kier alpha value is -2.25. The van der Waals surface area contributed by atoms with Crippen molar-refractivity contribution in [1.29, 1.82) is 0 Å². The molecule has 0 aromatic carbocycles. The lowest BCUT2D eigenvalue weighted by Crippen LogP contribution is -2.31. The SMILES string of the molecule is c1cn2c(CNC[C@@H]3CCCO[C@H]3c3cn[nH]c3)cnc2cn1. The zero-order valence-electron chi connectivity index (χ0n) is 12.9. The van der Waals surface area contributed by atoms with Gasteiger partial charge in [0.1, 0.15) is 0 Å². The van der Waals surface area contributed by atoms with Gasteiger partial charge >= 0.3 is 0 Å². The lowest BCUT2D eigenvalue weighted by Gasteiger charge is -2.31. The number of rotatable bonds is 5. The number of H-pyrrole nitrogens is 1. The van der Waals surface area contributed by atoms with Gasteiger partial charge in [0, 0.05) is 49.8 Å². The normalized spacial score (nSPS) is 21.7. The number of aromatic amines is 1. The highest BCUT2D eigenvalue weighted by molar-refractivity contribution is 5.36. The van der Waals surface area contributed by atoms with Crippen LogP contribution in [0, 0.1) is 5.92 Å². The maximum atomic E-state index is 5.97. The third-order valence-corrected chi connectivity index (χ3v) is 4.40. The fourth-order valence-electron chi connectivity index (χ4n) is 3.25. The van der Waals surface area contributed by atoms with E-state index in [0.29, 0.717) is 5.92 Å². The fourth-order valence-corrected chi connectivity index (χ4v) is 3.25. The van der Waals surface area contributed by atoms with E-state index in [1.54, 1.807) is 12.4 Å². The van der Waals surface area contributed by atoms with Crippen LogP contribution in [0.4, 0.5) is 0 Å². The van der Waals surface area contributed by atoms with E-state index >= 15 is 0 Å². The predicted molar refractivity (Wildman–Crippen MR) is 84.7 cm³/mol. The molecular weight excluding hydrogens is 292 g/mol. The molecule has 3 aromatic rings. The Morgan fingerprint density at radius 3 is 3.26 bits per heavy atom. The zero-order chi connectivity index (χ0) is 15.5. The van der Waals surface area contributed by atoms with Crippen LogP contribution >= 0.6 is 0 Å². The molecule has 0 bridgehead atoms. The van der Waals surface area contributed by atoms with Gasteiger partial charge in [0.25, 0.3) is 0 Å².